The second kappa shape index (κ2) is 9.03. The Labute approximate surface area is 173 Å². The van der Waals surface area contributed by atoms with E-state index in [1.807, 2.05) is 24.3 Å². The van der Waals surface area contributed by atoms with E-state index in [0.717, 1.165) is 23.4 Å². The van der Waals surface area contributed by atoms with Gasteiger partial charge in [0.2, 0.25) is 5.75 Å². The highest BCUT2D eigenvalue weighted by Gasteiger charge is 2.34. The van der Waals surface area contributed by atoms with Gasteiger partial charge in [-0.3, -0.25) is 9.69 Å². The molecule has 28 heavy (non-hydrogen) atoms. The van der Waals surface area contributed by atoms with Crippen LogP contribution in [0.1, 0.15) is 29.3 Å². The first-order chi connectivity index (χ1) is 13.5. The van der Waals surface area contributed by atoms with Crippen LogP contribution in [0.3, 0.4) is 0 Å². The normalized spacial score (nSPS) is 18.5. The molecule has 6 nitrogen and oxygen atoms in total. The number of thiophene rings is 1. The van der Waals surface area contributed by atoms with Crippen LogP contribution in [0, 0.1) is 5.92 Å². The van der Waals surface area contributed by atoms with Crippen LogP contribution < -0.4 is 14.2 Å². The van der Waals surface area contributed by atoms with Gasteiger partial charge in [0, 0.05) is 17.0 Å². The number of hydrogen-bond acceptors (Lipinski definition) is 6. The molecule has 3 rings (SSSR count). The maximum atomic E-state index is 11.6. The van der Waals surface area contributed by atoms with E-state index in [2.05, 4.69) is 4.90 Å². The quantitative estimate of drug-likeness (QED) is 0.712. The number of likely N-dealkylation sites (tertiary alicyclic amines) is 1. The standard InChI is InChI=1S/C20H24ClNO5S/c1-25-14-7-6-13(18(26-2)19(14)27-3)17(15-8-9-16(21)28-15)22-10-4-5-12(11-22)20(23)24/h6-9,12,17H,4-5,10-11H2,1-3H3,(H,23,24). The number of rotatable bonds is 7. The third kappa shape index (κ3) is 4.06. The molecule has 2 unspecified atom stereocenters. The Bertz CT molecular complexity index is 840. The molecule has 0 spiro atoms. The Kier molecular flexibility index (Phi) is 6.69. The highest BCUT2D eigenvalue weighted by molar-refractivity contribution is 7.16. The number of carbonyl (C=O) groups is 1. The summed E-state index contributed by atoms with van der Waals surface area (Å²) in [6, 6.07) is 7.45. The van der Waals surface area contributed by atoms with Gasteiger partial charge in [-0.25, -0.2) is 0 Å². The van der Waals surface area contributed by atoms with Gasteiger partial charge in [0.1, 0.15) is 0 Å². The molecule has 2 heterocycles. The van der Waals surface area contributed by atoms with Gasteiger partial charge in [0.15, 0.2) is 11.5 Å². The second-order valence-corrected chi connectivity index (χ2v) is 8.39. The molecule has 0 radical (unpaired) electrons. The van der Waals surface area contributed by atoms with E-state index in [1.165, 1.54) is 11.3 Å². The number of ether oxygens (including phenoxy) is 3. The Morgan fingerprint density at radius 1 is 1.18 bits per heavy atom. The number of benzene rings is 1. The summed E-state index contributed by atoms with van der Waals surface area (Å²) in [5.41, 5.74) is 0.893. The topological polar surface area (TPSA) is 68.2 Å². The summed E-state index contributed by atoms with van der Waals surface area (Å²) in [6.07, 6.45) is 1.51. The Morgan fingerprint density at radius 3 is 2.50 bits per heavy atom. The second-order valence-electron chi connectivity index (χ2n) is 6.64. The van der Waals surface area contributed by atoms with Crippen molar-refractivity contribution in [3.05, 3.63) is 39.0 Å². The summed E-state index contributed by atoms with van der Waals surface area (Å²) in [4.78, 5) is 14.8. The highest BCUT2D eigenvalue weighted by atomic mass is 35.5. The molecule has 1 aliphatic rings. The van der Waals surface area contributed by atoms with E-state index in [0.29, 0.717) is 34.6 Å². The molecule has 0 saturated carbocycles. The molecule has 0 amide bonds. The predicted molar refractivity (Wildman–Crippen MR) is 109 cm³/mol. The number of aliphatic carboxylic acids is 1. The molecule has 2 atom stereocenters. The molecule has 1 N–H and O–H groups in total. The molecule has 1 aromatic carbocycles. The first kappa shape index (κ1) is 20.8. The van der Waals surface area contributed by atoms with Gasteiger partial charge >= 0.3 is 5.97 Å². The van der Waals surface area contributed by atoms with Crippen molar-refractivity contribution in [3.8, 4) is 17.2 Å². The number of nitrogens with zero attached hydrogens (tertiary/aromatic N) is 1. The van der Waals surface area contributed by atoms with Crippen LogP contribution in [-0.4, -0.2) is 50.4 Å². The van der Waals surface area contributed by atoms with Crippen LogP contribution in [0.4, 0.5) is 0 Å². The summed E-state index contributed by atoms with van der Waals surface area (Å²) in [6.45, 7) is 1.26. The van der Waals surface area contributed by atoms with Gasteiger partial charge in [0.25, 0.3) is 0 Å². The molecular weight excluding hydrogens is 402 g/mol. The Balaban J connectivity index is 2.11. The van der Waals surface area contributed by atoms with Crippen LogP contribution in [0.25, 0.3) is 0 Å². The monoisotopic (exact) mass is 425 g/mol. The van der Waals surface area contributed by atoms with Crippen molar-refractivity contribution < 1.29 is 24.1 Å². The van der Waals surface area contributed by atoms with Crippen molar-refractivity contribution in [1.29, 1.82) is 0 Å². The summed E-state index contributed by atoms with van der Waals surface area (Å²) >= 11 is 7.71. The summed E-state index contributed by atoms with van der Waals surface area (Å²) < 4.78 is 17.3. The van der Waals surface area contributed by atoms with Gasteiger partial charge in [-0.15, -0.1) is 11.3 Å². The minimum Gasteiger partial charge on any atom is -0.493 e. The number of carboxylic acid groups (broad SMARTS) is 1. The van der Waals surface area contributed by atoms with Gasteiger partial charge in [-0.1, -0.05) is 11.6 Å². The van der Waals surface area contributed by atoms with Crippen molar-refractivity contribution in [3.63, 3.8) is 0 Å². The molecule has 152 valence electrons. The van der Waals surface area contributed by atoms with E-state index < -0.39 is 11.9 Å². The zero-order valence-electron chi connectivity index (χ0n) is 16.1. The highest BCUT2D eigenvalue weighted by Crippen LogP contribution is 2.47. The van der Waals surface area contributed by atoms with E-state index >= 15 is 0 Å². The SMILES string of the molecule is COc1ccc(C(c2ccc(Cl)s2)N2CCCC(C(=O)O)C2)c(OC)c1OC. The number of carboxylic acids is 1. The zero-order chi connectivity index (χ0) is 20.3. The van der Waals surface area contributed by atoms with Crippen LogP contribution in [-0.2, 0) is 4.79 Å². The molecule has 1 saturated heterocycles. The smallest absolute Gasteiger partial charge is 0.307 e. The first-order valence-electron chi connectivity index (χ1n) is 9.01. The fraction of sp³-hybridized carbons (Fsp3) is 0.450. The molecule has 8 heteroatoms. The summed E-state index contributed by atoms with van der Waals surface area (Å²) in [7, 11) is 4.74. The molecule has 2 aromatic rings. The molecule has 1 aromatic heterocycles. The van der Waals surface area contributed by atoms with E-state index in [4.69, 9.17) is 25.8 Å². The van der Waals surface area contributed by atoms with E-state index in [1.54, 1.807) is 21.3 Å². The van der Waals surface area contributed by atoms with E-state index in [9.17, 15) is 9.90 Å². The molecule has 1 aliphatic heterocycles. The first-order valence-corrected chi connectivity index (χ1v) is 10.2. The predicted octanol–water partition coefficient (Wildman–Crippen LogP) is 4.31. The molecule has 1 fully saturated rings. The minimum atomic E-state index is -0.757. The third-order valence-electron chi connectivity index (χ3n) is 5.06. The lowest BCUT2D eigenvalue weighted by Gasteiger charge is -2.37. The summed E-state index contributed by atoms with van der Waals surface area (Å²) in [5.74, 6) is 0.522. The van der Waals surface area contributed by atoms with Gasteiger partial charge in [0.05, 0.1) is 37.6 Å². The molecule has 0 bridgehead atoms. The van der Waals surface area contributed by atoms with Gasteiger partial charge in [-0.2, -0.15) is 0 Å². The fourth-order valence-corrected chi connectivity index (χ4v) is 5.00. The van der Waals surface area contributed by atoms with Crippen LogP contribution >= 0.6 is 22.9 Å². The van der Waals surface area contributed by atoms with Crippen molar-refractivity contribution >= 4 is 28.9 Å². The number of halogens is 1. The maximum Gasteiger partial charge on any atom is 0.307 e. The van der Waals surface area contributed by atoms with Crippen molar-refractivity contribution in [2.75, 3.05) is 34.4 Å². The average molecular weight is 426 g/mol. The molecule has 0 aliphatic carbocycles. The largest absolute Gasteiger partial charge is 0.493 e. The maximum absolute atomic E-state index is 11.6. The molecular formula is C20H24ClNO5S. The Hall–Kier alpha value is -1.96. The average Bonchev–Trinajstić information content (AvgIpc) is 3.13. The van der Waals surface area contributed by atoms with E-state index in [-0.39, 0.29) is 6.04 Å². The van der Waals surface area contributed by atoms with Crippen molar-refractivity contribution in [2.24, 2.45) is 5.92 Å². The lowest BCUT2D eigenvalue weighted by molar-refractivity contribution is -0.143. The third-order valence-corrected chi connectivity index (χ3v) is 6.34. The number of methoxy groups -OCH3 is 3. The fourth-order valence-electron chi connectivity index (χ4n) is 3.79. The Morgan fingerprint density at radius 2 is 1.93 bits per heavy atom. The lowest BCUT2D eigenvalue weighted by atomic mass is 9.93. The van der Waals surface area contributed by atoms with Gasteiger partial charge < -0.3 is 19.3 Å². The van der Waals surface area contributed by atoms with Crippen LogP contribution in [0.5, 0.6) is 17.2 Å². The summed E-state index contributed by atoms with van der Waals surface area (Å²) in [5, 5.41) is 9.53. The van der Waals surface area contributed by atoms with Crippen LogP contribution in [0.2, 0.25) is 4.34 Å². The van der Waals surface area contributed by atoms with Crippen LogP contribution in [0.15, 0.2) is 24.3 Å². The lowest BCUT2D eigenvalue weighted by Crippen LogP contribution is -2.41. The number of hydrogen-bond donors (Lipinski definition) is 1. The van der Waals surface area contributed by atoms with Gasteiger partial charge in [-0.05, 0) is 43.7 Å². The zero-order valence-corrected chi connectivity index (χ0v) is 17.7. The van der Waals surface area contributed by atoms with Crippen molar-refractivity contribution in [1.82, 2.24) is 4.90 Å². The minimum absolute atomic E-state index is 0.186. The van der Waals surface area contributed by atoms with Crippen molar-refractivity contribution in [2.45, 2.75) is 18.9 Å². The number of piperidine rings is 1.